The van der Waals surface area contributed by atoms with Gasteiger partial charge in [0.25, 0.3) is 17.7 Å². The van der Waals surface area contributed by atoms with Gasteiger partial charge in [0, 0.05) is 84.9 Å². The molecular formula is C75H89N12O15PS. The predicted octanol–water partition coefficient (Wildman–Crippen LogP) is 10.5. The van der Waals surface area contributed by atoms with Gasteiger partial charge in [-0.1, -0.05) is 94.0 Å². The van der Waals surface area contributed by atoms with E-state index in [-0.39, 0.29) is 111 Å². The zero-order valence-corrected chi connectivity index (χ0v) is 60.6. The van der Waals surface area contributed by atoms with Crippen LogP contribution >= 0.6 is 18.9 Å². The molecule has 4 bridgehead atoms. The highest BCUT2D eigenvalue weighted by Gasteiger charge is 2.66. The van der Waals surface area contributed by atoms with E-state index in [9.17, 15) is 62.6 Å². The fraction of sp³-hybridized carbons (Fsp3) is 0.440. The van der Waals surface area contributed by atoms with E-state index in [0.717, 1.165) is 58.3 Å². The van der Waals surface area contributed by atoms with Crippen molar-refractivity contribution in [3.8, 4) is 22.4 Å². The molecule has 104 heavy (non-hydrogen) atoms. The van der Waals surface area contributed by atoms with Gasteiger partial charge in [0.2, 0.25) is 17.7 Å². The van der Waals surface area contributed by atoms with Gasteiger partial charge in [-0.05, 0) is 165 Å². The number of thiazole rings is 1. The summed E-state index contributed by atoms with van der Waals surface area (Å²) in [5.74, 6) is -4.26. The van der Waals surface area contributed by atoms with Crippen molar-refractivity contribution >= 4 is 104 Å². The minimum Gasteiger partial charge on any atom is -0.476 e. The minimum absolute atomic E-state index is 0.0117. The Bertz CT molecular complexity index is 4460. The Morgan fingerprint density at radius 2 is 1.52 bits per heavy atom. The summed E-state index contributed by atoms with van der Waals surface area (Å²) in [5.41, 5.74) is 9.02. The molecule has 2 unspecified atom stereocenters. The Morgan fingerprint density at radius 3 is 2.22 bits per heavy atom. The highest BCUT2D eigenvalue weighted by Crippen LogP contribution is 2.72. The summed E-state index contributed by atoms with van der Waals surface area (Å²) in [5, 5.41) is 31.4. The van der Waals surface area contributed by atoms with E-state index in [0.29, 0.717) is 81.9 Å². The van der Waals surface area contributed by atoms with Crippen LogP contribution in [0.4, 0.5) is 20.4 Å². The molecule has 4 atom stereocenters. The molecule has 4 saturated carbocycles. The number of para-hydroxylation sites is 1. The third-order valence-electron chi connectivity index (χ3n) is 20.1. The van der Waals surface area contributed by atoms with Crippen LogP contribution in [0.15, 0.2) is 115 Å². The number of nitrogens with zero attached hydrogens (tertiary/aromatic N) is 6. The lowest BCUT2D eigenvalue weighted by Gasteiger charge is -2.69. The van der Waals surface area contributed by atoms with E-state index >= 15 is 0 Å². The number of ether oxygens (including phenoxy) is 2. The number of rotatable bonds is 33. The van der Waals surface area contributed by atoms with Gasteiger partial charge >= 0.3 is 25.7 Å². The fourth-order valence-corrected chi connectivity index (χ4v) is 18.0. The van der Waals surface area contributed by atoms with E-state index in [1.165, 1.54) is 28.4 Å². The Morgan fingerprint density at radius 1 is 0.779 bits per heavy atom. The quantitative estimate of drug-likeness (QED) is 0.0105. The molecule has 0 spiro atoms. The third-order valence-corrected chi connectivity index (χ3v) is 22.0. The van der Waals surface area contributed by atoms with Gasteiger partial charge in [0.1, 0.15) is 18.7 Å². The number of imide groups is 1. The molecule has 3 aromatic heterocycles. The molecule has 1 aliphatic heterocycles. The number of pyridine rings is 1. The number of carboxylic acids is 1. The van der Waals surface area contributed by atoms with Crippen molar-refractivity contribution in [2.75, 3.05) is 49.6 Å². The molecule has 0 saturated heterocycles. The first kappa shape index (κ1) is 75.4. The molecule has 10 N–H and O–H groups in total. The Balaban J connectivity index is 0.710. The summed E-state index contributed by atoms with van der Waals surface area (Å²) in [6.45, 7) is 10.9. The summed E-state index contributed by atoms with van der Waals surface area (Å²) in [6.07, 6.45) is 9.94. The van der Waals surface area contributed by atoms with E-state index in [4.69, 9.17) is 25.3 Å². The number of anilines is 2. The van der Waals surface area contributed by atoms with Crippen LogP contribution in [0.3, 0.4) is 0 Å². The zero-order valence-electron chi connectivity index (χ0n) is 58.9. The molecule has 4 fully saturated rings. The largest absolute Gasteiger partial charge is 0.476 e. The number of carbonyl (C=O) groups excluding carboxylic acids is 8. The van der Waals surface area contributed by atoms with E-state index in [1.54, 1.807) is 62.5 Å². The maximum atomic E-state index is 14.0. The van der Waals surface area contributed by atoms with E-state index in [2.05, 4.69) is 45.4 Å². The van der Waals surface area contributed by atoms with Crippen LogP contribution in [0, 0.1) is 29.1 Å². The molecule has 7 aromatic rings. The summed E-state index contributed by atoms with van der Waals surface area (Å²) >= 11 is 1.38. The SMILES string of the molecule is Cc1c(-c2ccc(-c3ccc4cccc(C(=O)Nc5nc6ccccc6s5)c4c3)nc2C(=O)O)cnn1CC12CC3(C)CC(C)(C1)CC(OCCN(CCCP(=O)(O)O)C(=O)OCc1ccc(NC(=O)[C@H](CCCNC(N)=O)NC(=O)[C@@H](NC(=O)CCCCCN4C(=O)C=CC4=O)C(C)C)cc1)(C3)C2. The van der Waals surface area contributed by atoms with Crippen LogP contribution < -0.4 is 32.3 Å². The maximum absolute atomic E-state index is 14.0. The van der Waals surface area contributed by atoms with Crippen molar-refractivity contribution in [3.63, 3.8) is 0 Å². The monoisotopic (exact) mass is 1460 g/mol. The lowest BCUT2D eigenvalue weighted by atomic mass is 9.39. The second kappa shape index (κ2) is 31.7. The number of carboxylic acid groups (broad SMARTS) is 1. The van der Waals surface area contributed by atoms with Gasteiger partial charge in [0.05, 0.1) is 40.5 Å². The summed E-state index contributed by atoms with van der Waals surface area (Å²) in [6, 6.07) is 25.8. The number of carbonyl (C=O) groups is 9. The number of benzene rings is 4. The number of urea groups is 1. The average molecular weight is 1460 g/mol. The molecule has 0 radical (unpaired) electrons. The molecule has 4 aromatic carbocycles. The summed E-state index contributed by atoms with van der Waals surface area (Å²) < 4.78 is 27.8. The van der Waals surface area contributed by atoms with Crippen LogP contribution in [-0.2, 0) is 51.2 Å². The molecule has 550 valence electrons. The van der Waals surface area contributed by atoms with Crippen molar-refractivity contribution in [1.29, 1.82) is 0 Å². The Labute approximate surface area is 605 Å². The molecule has 27 nitrogen and oxygen atoms in total. The molecule has 9 amide bonds. The molecule has 4 heterocycles. The number of unbranched alkanes of at least 4 members (excludes halogenated alkanes) is 2. The second-order valence-corrected chi connectivity index (χ2v) is 32.1. The number of amides is 9. The highest BCUT2D eigenvalue weighted by molar-refractivity contribution is 7.51. The Hall–Kier alpha value is -9.73. The van der Waals surface area contributed by atoms with Crippen LogP contribution in [0.2, 0.25) is 0 Å². The number of nitrogens with two attached hydrogens (primary N) is 1. The lowest BCUT2D eigenvalue weighted by Crippen LogP contribution is -2.64. The summed E-state index contributed by atoms with van der Waals surface area (Å²) in [7, 11) is -4.42. The minimum atomic E-state index is -4.42. The maximum Gasteiger partial charge on any atom is 0.410 e. The zero-order chi connectivity index (χ0) is 74.3. The number of aromatic nitrogens is 4. The van der Waals surface area contributed by atoms with Gasteiger partial charge < -0.3 is 56.3 Å². The van der Waals surface area contributed by atoms with E-state index < -0.39 is 67.3 Å². The summed E-state index contributed by atoms with van der Waals surface area (Å²) in [4.78, 5) is 148. The first-order chi connectivity index (χ1) is 49.5. The first-order valence-corrected chi connectivity index (χ1v) is 37.7. The van der Waals surface area contributed by atoms with Crippen LogP contribution in [-0.4, -0.2) is 155 Å². The number of nitrogens with one attached hydrogen (secondary N) is 5. The van der Waals surface area contributed by atoms with Crippen LogP contribution in [0.1, 0.15) is 143 Å². The molecule has 29 heteroatoms. The van der Waals surface area contributed by atoms with Crippen LogP contribution in [0.25, 0.3) is 43.4 Å². The van der Waals surface area contributed by atoms with Gasteiger partial charge in [-0.25, -0.2) is 24.4 Å². The average Bonchev–Trinajstić information content (AvgIpc) is 0.716. The normalized spacial score (nSPS) is 20.2. The number of fused-ring (bicyclic) bond motifs is 2. The molecule has 4 aliphatic carbocycles. The van der Waals surface area contributed by atoms with Crippen molar-refractivity contribution in [2.24, 2.45) is 27.9 Å². The van der Waals surface area contributed by atoms with Gasteiger partial charge in [-0.15, -0.1) is 0 Å². The van der Waals surface area contributed by atoms with Gasteiger partial charge in [-0.3, -0.25) is 48.2 Å². The van der Waals surface area contributed by atoms with Gasteiger partial charge in [0.15, 0.2) is 10.8 Å². The Kier molecular flexibility index (Phi) is 23.0. The van der Waals surface area contributed by atoms with Crippen molar-refractivity contribution in [2.45, 2.75) is 149 Å². The second-order valence-electron chi connectivity index (χ2n) is 29.3. The topological polar surface area (TPSA) is 386 Å². The smallest absolute Gasteiger partial charge is 0.410 e. The number of primary amides is 1. The van der Waals surface area contributed by atoms with E-state index in [1.807, 2.05) is 66.2 Å². The van der Waals surface area contributed by atoms with Crippen LogP contribution in [0.5, 0.6) is 0 Å². The van der Waals surface area contributed by atoms with Gasteiger partial charge in [-0.2, -0.15) is 5.10 Å². The molecule has 12 rings (SSSR count). The highest BCUT2D eigenvalue weighted by atomic mass is 32.1. The number of hydrogen-bond acceptors (Lipinski definition) is 16. The van der Waals surface area contributed by atoms with Crippen molar-refractivity contribution in [3.05, 3.63) is 138 Å². The fourth-order valence-electron chi connectivity index (χ4n) is 16.6. The first-order valence-electron chi connectivity index (χ1n) is 35.1. The molecular weight excluding hydrogens is 1370 g/mol. The lowest BCUT2D eigenvalue weighted by molar-refractivity contribution is -0.248. The standard InChI is InChI=1S/C75H89N12O15PS/c1-46(2)63(83-60(88)19-7-6-10-32-86-61(89)28-29-62(86)90)67(93)81-58(17-12-30-77-69(76)96)66(92)79-51-24-20-48(21-25-51)38-101-71(97)85(31-13-35-103(98,99)100)33-34-102-75-42-72(4)39-73(5,43-75)41-74(40-72,44-75)45-87-47(3)55(37-78-87)52-26-27-56(80-64(52)68(94)95)50-23-22-49-14-11-15-53(54(49)36-50)65(91)84-70-82-57-16-8-9-18-59(57)104-70/h8-9,11,14-16,18,20-29,36-37,46,58,63H,6-7,10,12-13,17,19,30-35,38-45H2,1-5H3,(H,79,92)(H,81,93)(H,83,88)(H,94,95)(H3,76,77,96)(H,82,84,91)(H2,98,99,100)/t58-,63-,72?,73?,74?,75?/m0/s1. The molecule has 5 aliphatic rings. The predicted molar refractivity (Wildman–Crippen MR) is 391 cm³/mol. The third kappa shape index (κ3) is 18.4. The number of aromatic carboxylic acids is 1. The number of hydrogen-bond donors (Lipinski definition) is 9. The van der Waals surface area contributed by atoms with Crippen molar-refractivity contribution in [1.82, 2.24) is 45.5 Å². The van der Waals surface area contributed by atoms with Crippen molar-refractivity contribution < 1.29 is 72.1 Å².